The first-order valence-corrected chi connectivity index (χ1v) is 8.54. The first-order valence-electron chi connectivity index (χ1n) is 8.54. The van der Waals surface area contributed by atoms with Gasteiger partial charge >= 0.3 is 0 Å². The number of nitro groups is 1. The zero-order valence-electron chi connectivity index (χ0n) is 14.9. The second kappa shape index (κ2) is 6.96. The molecule has 1 aromatic heterocycles. The van der Waals surface area contributed by atoms with Crippen molar-refractivity contribution in [3.8, 4) is 11.3 Å². The number of rotatable bonds is 4. The molecule has 0 N–H and O–H groups in total. The molecule has 1 aliphatic heterocycles. The molecule has 4 rings (SSSR count). The van der Waals surface area contributed by atoms with Gasteiger partial charge in [0.2, 0.25) is 0 Å². The summed E-state index contributed by atoms with van der Waals surface area (Å²) >= 11 is 0. The van der Waals surface area contributed by atoms with Crippen molar-refractivity contribution < 1.29 is 14.1 Å². The highest BCUT2D eigenvalue weighted by Gasteiger charge is 2.28. The molecule has 7 nitrogen and oxygen atoms in total. The van der Waals surface area contributed by atoms with E-state index in [9.17, 15) is 14.9 Å². The van der Waals surface area contributed by atoms with Crippen LogP contribution in [0.1, 0.15) is 12.7 Å². The molecule has 0 atom stereocenters. The monoisotopic (exact) mass is 373 g/mol. The van der Waals surface area contributed by atoms with E-state index in [1.807, 2.05) is 30.3 Å². The zero-order valence-corrected chi connectivity index (χ0v) is 14.9. The fraction of sp³-hybridized carbons (Fsp3) is 0.0476. The van der Waals surface area contributed by atoms with Crippen LogP contribution in [-0.4, -0.2) is 16.5 Å². The number of para-hydroxylation sites is 1. The van der Waals surface area contributed by atoms with Crippen molar-refractivity contribution in [2.24, 2.45) is 5.10 Å². The maximum absolute atomic E-state index is 12.7. The van der Waals surface area contributed by atoms with E-state index in [2.05, 4.69) is 5.10 Å². The average molecular weight is 373 g/mol. The van der Waals surface area contributed by atoms with E-state index in [1.54, 1.807) is 37.3 Å². The lowest BCUT2D eigenvalue weighted by Crippen LogP contribution is -2.21. The van der Waals surface area contributed by atoms with E-state index >= 15 is 0 Å². The Morgan fingerprint density at radius 2 is 1.86 bits per heavy atom. The molecule has 28 heavy (non-hydrogen) atoms. The Hall–Kier alpha value is -4.00. The highest BCUT2D eigenvalue weighted by Crippen LogP contribution is 2.28. The molecule has 1 amide bonds. The van der Waals surface area contributed by atoms with Crippen LogP contribution in [0.3, 0.4) is 0 Å². The number of benzene rings is 2. The lowest BCUT2D eigenvalue weighted by Gasteiger charge is -2.10. The second-order valence-electron chi connectivity index (χ2n) is 6.21. The van der Waals surface area contributed by atoms with Crippen molar-refractivity contribution in [2.45, 2.75) is 6.92 Å². The van der Waals surface area contributed by atoms with Crippen LogP contribution in [0, 0.1) is 10.1 Å². The van der Waals surface area contributed by atoms with Crippen LogP contribution in [0.2, 0.25) is 0 Å². The standard InChI is InChI=1S/C21H15N3O4/c1-14-19(21(25)23(22-14)16-7-3-2-4-8-16)13-18-10-11-20(28-18)15-6-5-9-17(12-15)24(26)27/h2-13H,1H3. The summed E-state index contributed by atoms with van der Waals surface area (Å²) in [7, 11) is 0. The number of nitrogens with zero attached hydrogens (tertiary/aromatic N) is 3. The molecule has 0 radical (unpaired) electrons. The smallest absolute Gasteiger partial charge is 0.280 e. The molecular weight excluding hydrogens is 358 g/mol. The minimum Gasteiger partial charge on any atom is -0.457 e. The molecule has 0 spiro atoms. The van der Waals surface area contributed by atoms with Crippen LogP contribution in [0.5, 0.6) is 0 Å². The van der Waals surface area contributed by atoms with E-state index in [4.69, 9.17) is 4.42 Å². The Morgan fingerprint density at radius 1 is 1.07 bits per heavy atom. The van der Waals surface area contributed by atoms with E-state index in [1.165, 1.54) is 17.1 Å². The molecule has 1 aliphatic rings. The van der Waals surface area contributed by atoms with Gasteiger partial charge in [-0.3, -0.25) is 14.9 Å². The van der Waals surface area contributed by atoms with Crippen molar-refractivity contribution in [2.75, 3.05) is 5.01 Å². The minimum atomic E-state index is -0.454. The normalized spacial score (nSPS) is 15.2. The molecule has 2 heterocycles. The van der Waals surface area contributed by atoms with Crippen LogP contribution < -0.4 is 5.01 Å². The number of amides is 1. The topological polar surface area (TPSA) is 89.0 Å². The van der Waals surface area contributed by atoms with E-state index in [0.29, 0.717) is 34.1 Å². The highest BCUT2D eigenvalue weighted by atomic mass is 16.6. The number of hydrogen-bond acceptors (Lipinski definition) is 5. The summed E-state index contributed by atoms with van der Waals surface area (Å²) in [6.07, 6.45) is 1.63. The van der Waals surface area contributed by atoms with Gasteiger partial charge in [0, 0.05) is 17.7 Å². The third-order valence-electron chi connectivity index (χ3n) is 4.32. The summed E-state index contributed by atoms with van der Waals surface area (Å²) in [5, 5.41) is 16.6. The molecule has 0 fully saturated rings. The van der Waals surface area contributed by atoms with Crippen molar-refractivity contribution in [1.29, 1.82) is 0 Å². The molecule has 7 heteroatoms. The van der Waals surface area contributed by atoms with Gasteiger partial charge in [-0.15, -0.1) is 0 Å². The molecule has 0 saturated carbocycles. The van der Waals surface area contributed by atoms with Gasteiger partial charge in [-0.1, -0.05) is 30.3 Å². The SMILES string of the molecule is CC1=NN(c2ccccc2)C(=O)C1=Cc1ccc(-c2cccc([N+](=O)[O-])c2)o1. The predicted octanol–water partition coefficient (Wildman–Crippen LogP) is 4.66. The minimum absolute atomic E-state index is 0.0127. The lowest BCUT2D eigenvalue weighted by molar-refractivity contribution is -0.384. The van der Waals surface area contributed by atoms with Crippen molar-refractivity contribution in [3.63, 3.8) is 0 Å². The summed E-state index contributed by atoms with van der Waals surface area (Å²) in [5.74, 6) is 0.710. The number of carbonyl (C=O) groups excluding carboxylic acids is 1. The zero-order chi connectivity index (χ0) is 19.7. The summed E-state index contributed by atoms with van der Waals surface area (Å²) < 4.78 is 5.78. The first kappa shape index (κ1) is 17.4. The van der Waals surface area contributed by atoms with Crippen LogP contribution in [0.4, 0.5) is 11.4 Å². The van der Waals surface area contributed by atoms with E-state index < -0.39 is 4.92 Å². The maximum atomic E-state index is 12.7. The number of nitro benzene ring substituents is 1. The number of furan rings is 1. The Labute approximate surface area is 160 Å². The van der Waals surface area contributed by atoms with Crippen molar-refractivity contribution in [1.82, 2.24) is 0 Å². The van der Waals surface area contributed by atoms with Gasteiger partial charge in [0.25, 0.3) is 11.6 Å². The van der Waals surface area contributed by atoms with Crippen molar-refractivity contribution >= 4 is 29.1 Å². The Morgan fingerprint density at radius 3 is 2.61 bits per heavy atom. The Kier molecular flexibility index (Phi) is 4.33. The molecular formula is C21H15N3O4. The second-order valence-corrected chi connectivity index (χ2v) is 6.21. The van der Waals surface area contributed by atoms with Gasteiger partial charge in [-0.2, -0.15) is 10.1 Å². The Balaban J connectivity index is 1.62. The molecule has 138 valence electrons. The average Bonchev–Trinajstić information content (AvgIpc) is 3.29. The van der Waals surface area contributed by atoms with E-state index in [0.717, 1.165) is 0 Å². The molecule has 0 saturated heterocycles. The summed E-state index contributed by atoms with van der Waals surface area (Å²) in [6.45, 7) is 1.76. The van der Waals surface area contributed by atoms with Gasteiger partial charge in [-0.25, -0.2) is 0 Å². The van der Waals surface area contributed by atoms with Gasteiger partial charge in [0.15, 0.2) is 0 Å². The lowest BCUT2D eigenvalue weighted by atomic mass is 10.1. The van der Waals surface area contributed by atoms with E-state index in [-0.39, 0.29) is 11.6 Å². The van der Waals surface area contributed by atoms with Gasteiger partial charge < -0.3 is 4.42 Å². The van der Waals surface area contributed by atoms with Crippen molar-refractivity contribution in [3.05, 3.63) is 88.2 Å². The van der Waals surface area contributed by atoms with Gasteiger partial charge in [0.05, 0.1) is 21.9 Å². The summed E-state index contributed by atoms with van der Waals surface area (Å²) in [6, 6.07) is 18.8. The van der Waals surface area contributed by atoms with Gasteiger partial charge in [-0.05, 0) is 37.3 Å². The summed E-state index contributed by atoms with van der Waals surface area (Å²) in [4.78, 5) is 23.2. The number of carbonyl (C=O) groups is 1. The number of hydrazone groups is 1. The fourth-order valence-electron chi connectivity index (χ4n) is 2.93. The van der Waals surface area contributed by atoms with Crippen LogP contribution in [0.25, 0.3) is 17.4 Å². The Bertz CT molecular complexity index is 1130. The number of hydrogen-bond donors (Lipinski definition) is 0. The van der Waals surface area contributed by atoms with Crippen LogP contribution >= 0.6 is 0 Å². The molecule has 3 aromatic rings. The molecule has 0 unspecified atom stereocenters. The number of non-ortho nitro benzene ring substituents is 1. The number of anilines is 1. The fourth-order valence-corrected chi connectivity index (χ4v) is 2.93. The molecule has 0 aliphatic carbocycles. The molecule has 2 aromatic carbocycles. The van der Waals surface area contributed by atoms with Gasteiger partial charge in [0.1, 0.15) is 11.5 Å². The predicted molar refractivity (Wildman–Crippen MR) is 106 cm³/mol. The quantitative estimate of drug-likeness (QED) is 0.378. The van der Waals surface area contributed by atoms with Crippen LogP contribution in [-0.2, 0) is 4.79 Å². The van der Waals surface area contributed by atoms with Crippen LogP contribution in [0.15, 0.2) is 81.8 Å². The highest BCUT2D eigenvalue weighted by molar-refractivity contribution is 6.32. The third-order valence-corrected chi connectivity index (χ3v) is 4.32. The maximum Gasteiger partial charge on any atom is 0.280 e. The first-order chi connectivity index (χ1) is 13.5. The molecule has 0 bridgehead atoms. The third kappa shape index (κ3) is 3.21. The summed E-state index contributed by atoms with van der Waals surface area (Å²) in [5.41, 5.74) is 2.28. The largest absolute Gasteiger partial charge is 0.457 e.